The molecule has 0 heterocycles. The highest BCUT2D eigenvalue weighted by Crippen LogP contribution is 2.37. The third kappa shape index (κ3) is 2.36. The molecule has 0 unspecified atom stereocenters. The average molecular weight is 288 g/mol. The van der Waals surface area contributed by atoms with Gasteiger partial charge in [0.2, 0.25) is 0 Å². The maximum atomic E-state index is 11.8. The number of halogens is 1. The van der Waals surface area contributed by atoms with Crippen LogP contribution in [0.3, 0.4) is 0 Å². The van der Waals surface area contributed by atoms with Crippen LogP contribution in [0.4, 0.5) is 0 Å². The lowest BCUT2D eigenvalue weighted by atomic mass is 10.0. The molecule has 5 heteroatoms. The van der Waals surface area contributed by atoms with E-state index in [9.17, 15) is 9.90 Å². The van der Waals surface area contributed by atoms with Crippen LogP contribution < -0.4 is 10.5 Å². The maximum Gasteiger partial charge on any atom is 0.169 e. The summed E-state index contributed by atoms with van der Waals surface area (Å²) in [7, 11) is 1.44. The predicted molar refractivity (Wildman–Crippen MR) is 65.1 cm³/mol. The van der Waals surface area contributed by atoms with Crippen LogP contribution in [-0.4, -0.2) is 24.5 Å². The fourth-order valence-electron chi connectivity index (χ4n) is 1.46. The number of carbonyl (C=O) groups excluding carboxylic acids is 1. The first-order valence-corrected chi connectivity index (χ1v) is 5.61. The number of carbonyl (C=O) groups is 1. The van der Waals surface area contributed by atoms with Crippen LogP contribution in [0, 0.1) is 6.92 Å². The Morgan fingerprint density at radius 1 is 1.62 bits per heavy atom. The van der Waals surface area contributed by atoms with Crippen LogP contribution in [0.1, 0.15) is 22.3 Å². The Morgan fingerprint density at radius 3 is 2.75 bits per heavy atom. The molecule has 0 saturated heterocycles. The fraction of sp³-hybridized carbons (Fsp3) is 0.364. The first-order valence-electron chi connectivity index (χ1n) is 4.82. The molecule has 0 bridgehead atoms. The molecule has 0 amide bonds. The van der Waals surface area contributed by atoms with Crippen molar-refractivity contribution in [1.29, 1.82) is 0 Å². The van der Waals surface area contributed by atoms with Crippen LogP contribution in [0.15, 0.2) is 10.5 Å². The number of rotatable bonds is 4. The van der Waals surface area contributed by atoms with E-state index in [4.69, 9.17) is 10.5 Å². The molecule has 0 spiro atoms. The molecule has 0 atom stereocenters. The van der Waals surface area contributed by atoms with E-state index in [1.165, 1.54) is 7.11 Å². The van der Waals surface area contributed by atoms with E-state index in [2.05, 4.69) is 15.9 Å². The SMILES string of the molecule is COc1cc(Br)c(C)c(C(=O)CCN)c1O. The third-order valence-electron chi connectivity index (χ3n) is 2.33. The molecule has 0 radical (unpaired) electrons. The highest BCUT2D eigenvalue weighted by molar-refractivity contribution is 9.10. The number of aromatic hydroxyl groups is 1. The number of nitrogens with two attached hydrogens (primary N) is 1. The van der Waals surface area contributed by atoms with Gasteiger partial charge in [0.25, 0.3) is 0 Å². The maximum absolute atomic E-state index is 11.8. The van der Waals surface area contributed by atoms with E-state index in [1.807, 2.05) is 0 Å². The molecule has 0 saturated carbocycles. The van der Waals surface area contributed by atoms with Crippen LogP contribution in [0.5, 0.6) is 11.5 Å². The Balaban J connectivity index is 3.35. The molecule has 0 aliphatic carbocycles. The van der Waals surface area contributed by atoms with Crippen molar-refractivity contribution in [2.24, 2.45) is 5.73 Å². The standard InChI is InChI=1S/C11H14BrNO3/c1-6-7(12)5-9(16-2)11(15)10(6)8(14)3-4-13/h5,15H,3-4,13H2,1-2H3. The lowest BCUT2D eigenvalue weighted by molar-refractivity contribution is 0.0981. The van der Waals surface area contributed by atoms with Gasteiger partial charge >= 0.3 is 0 Å². The van der Waals surface area contributed by atoms with Gasteiger partial charge in [0.15, 0.2) is 17.3 Å². The smallest absolute Gasteiger partial charge is 0.169 e. The normalized spacial score (nSPS) is 10.2. The van der Waals surface area contributed by atoms with E-state index >= 15 is 0 Å². The Bertz CT molecular complexity index is 418. The molecular weight excluding hydrogens is 274 g/mol. The van der Waals surface area contributed by atoms with Crippen molar-refractivity contribution >= 4 is 21.7 Å². The van der Waals surface area contributed by atoms with Crippen molar-refractivity contribution in [3.63, 3.8) is 0 Å². The predicted octanol–water partition coefficient (Wildman–Crippen LogP) is 2.00. The van der Waals surface area contributed by atoms with Gasteiger partial charge in [-0.1, -0.05) is 15.9 Å². The highest BCUT2D eigenvalue weighted by Gasteiger charge is 2.19. The van der Waals surface area contributed by atoms with Crippen LogP contribution in [0.25, 0.3) is 0 Å². The molecule has 1 aromatic rings. The first-order chi connectivity index (χ1) is 7.52. The van der Waals surface area contributed by atoms with Crippen molar-refractivity contribution in [1.82, 2.24) is 0 Å². The number of phenolic OH excluding ortho intramolecular Hbond substituents is 1. The number of hydrogen-bond acceptors (Lipinski definition) is 4. The summed E-state index contributed by atoms with van der Waals surface area (Å²) in [5, 5.41) is 9.88. The number of methoxy groups -OCH3 is 1. The quantitative estimate of drug-likeness (QED) is 0.831. The number of ketones is 1. The molecule has 0 fully saturated rings. The van der Waals surface area contributed by atoms with Gasteiger partial charge in [0.1, 0.15) is 0 Å². The topological polar surface area (TPSA) is 72.5 Å². The second kappa shape index (κ2) is 5.32. The van der Waals surface area contributed by atoms with Crippen molar-refractivity contribution < 1.29 is 14.6 Å². The molecule has 0 aliphatic heterocycles. The number of phenols is 1. The third-order valence-corrected chi connectivity index (χ3v) is 3.16. The number of Topliss-reactive ketones (excluding diaryl/α,β-unsaturated/α-hetero) is 1. The van der Waals surface area contributed by atoms with Gasteiger partial charge in [-0.3, -0.25) is 4.79 Å². The summed E-state index contributed by atoms with van der Waals surface area (Å²) in [6.07, 6.45) is 0.202. The summed E-state index contributed by atoms with van der Waals surface area (Å²) in [6.45, 7) is 2.01. The molecule has 0 aliphatic rings. The van der Waals surface area contributed by atoms with Gasteiger partial charge in [-0.15, -0.1) is 0 Å². The summed E-state index contributed by atoms with van der Waals surface area (Å²) in [4.78, 5) is 11.8. The fourth-order valence-corrected chi connectivity index (χ4v) is 1.87. The zero-order chi connectivity index (χ0) is 12.3. The number of hydrogen-bond donors (Lipinski definition) is 2. The lowest BCUT2D eigenvalue weighted by Crippen LogP contribution is -2.10. The summed E-state index contributed by atoms with van der Waals surface area (Å²) >= 11 is 3.32. The second-order valence-corrected chi connectivity index (χ2v) is 4.23. The van der Waals surface area contributed by atoms with Gasteiger partial charge in [-0.2, -0.15) is 0 Å². The second-order valence-electron chi connectivity index (χ2n) is 3.37. The average Bonchev–Trinajstić information content (AvgIpc) is 2.24. The monoisotopic (exact) mass is 287 g/mol. The van der Waals surface area contributed by atoms with Crippen molar-refractivity contribution in [3.8, 4) is 11.5 Å². The van der Waals surface area contributed by atoms with Crippen molar-refractivity contribution in [3.05, 3.63) is 21.7 Å². The Labute approximate surface area is 103 Å². The van der Waals surface area contributed by atoms with E-state index in [0.717, 1.165) is 4.47 Å². The van der Waals surface area contributed by atoms with Crippen LogP contribution in [-0.2, 0) is 0 Å². The first kappa shape index (κ1) is 13.0. The Hall–Kier alpha value is -1.07. The van der Waals surface area contributed by atoms with E-state index in [-0.39, 0.29) is 35.8 Å². The molecule has 3 N–H and O–H groups in total. The molecule has 1 aromatic carbocycles. The molecular formula is C11H14BrNO3. The number of benzene rings is 1. The minimum absolute atomic E-state index is 0.123. The van der Waals surface area contributed by atoms with E-state index in [0.29, 0.717) is 5.56 Å². The molecule has 88 valence electrons. The van der Waals surface area contributed by atoms with Crippen LogP contribution >= 0.6 is 15.9 Å². The van der Waals surface area contributed by atoms with Crippen LogP contribution in [0.2, 0.25) is 0 Å². The number of ether oxygens (including phenoxy) is 1. The molecule has 4 nitrogen and oxygen atoms in total. The van der Waals surface area contributed by atoms with Gasteiger partial charge in [0.05, 0.1) is 12.7 Å². The Morgan fingerprint density at radius 2 is 2.25 bits per heavy atom. The van der Waals surface area contributed by atoms with E-state index in [1.54, 1.807) is 13.0 Å². The molecule has 0 aromatic heterocycles. The largest absolute Gasteiger partial charge is 0.504 e. The summed E-state index contributed by atoms with van der Waals surface area (Å²) in [5.41, 5.74) is 6.30. The zero-order valence-corrected chi connectivity index (χ0v) is 10.8. The molecule has 16 heavy (non-hydrogen) atoms. The zero-order valence-electron chi connectivity index (χ0n) is 9.21. The van der Waals surface area contributed by atoms with Crippen molar-refractivity contribution in [2.45, 2.75) is 13.3 Å². The summed E-state index contributed by atoms with van der Waals surface area (Å²) < 4.78 is 5.71. The highest BCUT2D eigenvalue weighted by atomic mass is 79.9. The van der Waals surface area contributed by atoms with Crippen molar-refractivity contribution in [2.75, 3.05) is 13.7 Å². The lowest BCUT2D eigenvalue weighted by Gasteiger charge is -2.12. The summed E-state index contributed by atoms with van der Waals surface area (Å²) in [6, 6.07) is 1.63. The molecule has 1 rings (SSSR count). The van der Waals surface area contributed by atoms with Gasteiger partial charge in [-0.05, 0) is 25.1 Å². The van der Waals surface area contributed by atoms with Gasteiger partial charge < -0.3 is 15.6 Å². The summed E-state index contributed by atoms with van der Waals surface area (Å²) in [5.74, 6) is -0.0309. The van der Waals surface area contributed by atoms with E-state index < -0.39 is 0 Å². The minimum atomic E-state index is -0.183. The minimum Gasteiger partial charge on any atom is -0.504 e. The Kier molecular flexibility index (Phi) is 4.32. The van der Waals surface area contributed by atoms with Gasteiger partial charge in [0, 0.05) is 10.9 Å². The van der Waals surface area contributed by atoms with Gasteiger partial charge in [-0.25, -0.2) is 0 Å².